The molecule has 1 heteroatoms. The molecule has 1 nitrogen and oxygen atoms in total. The summed E-state index contributed by atoms with van der Waals surface area (Å²) in [5, 5.41) is 0. The predicted octanol–water partition coefficient (Wildman–Crippen LogP) is 3.24. The largest absolute Gasteiger partial charge is 0.297 e. The van der Waals surface area contributed by atoms with Gasteiger partial charge in [-0.15, -0.1) is 0 Å². The first-order chi connectivity index (χ1) is 7.27. The topological polar surface area (TPSA) is 3.24 Å². The normalized spacial score (nSPS) is 13.6. The van der Waals surface area contributed by atoms with E-state index in [1.54, 1.807) is 0 Å². The van der Waals surface area contributed by atoms with E-state index in [0.717, 1.165) is 13.1 Å². The first-order valence-electron chi connectivity index (χ1n) is 5.58. The Labute approximate surface area is 93.4 Å². The third-order valence-electron chi connectivity index (χ3n) is 2.59. The van der Waals surface area contributed by atoms with Crippen LogP contribution in [0.3, 0.4) is 0 Å². The van der Waals surface area contributed by atoms with Gasteiger partial charge in [0.15, 0.2) is 0 Å². The Balaban J connectivity index is 2.57. The van der Waals surface area contributed by atoms with Crippen molar-refractivity contribution in [2.45, 2.75) is 19.9 Å². The Bertz CT molecular complexity index is 285. The lowest BCUT2D eigenvalue weighted by Gasteiger charge is -2.23. The zero-order chi connectivity index (χ0) is 11.1. The van der Waals surface area contributed by atoms with Crippen LogP contribution in [0.5, 0.6) is 0 Å². The molecular formula is C14H20N. The molecule has 0 aromatic heterocycles. The average molecular weight is 202 g/mol. The molecule has 0 aliphatic heterocycles. The first kappa shape index (κ1) is 12.0. The van der Waals surface area contributed by atoms with Crippen molar-refractivity contribution in [3.8, 4) is 0 Å². The van der Waals surface area contributed by atoms with Gasteiger partial charge in [-0.2, -0.15) is 0 Å². The molecule has 1 atom stereocenters. The van der Waals surface area contributed by atoms with Gasteiger partial charge in [0.1, 0.15) is 0 Å². The highest BCUT2D eigenvalue weighted by Gasteiger charge is 2.04. The van der Waals surface area contributed by atoms with Gasteiger partial charge in [0.2, 0.25) is 0 Å². The number of hydrogen-bond acceptors (Lipinski definition) is 1. The fraction of sp³-hybridized carbons (Fsp3) is 0.357. The molecule has 0 aliphatic rings. The van der Waals surface area contributed by atoms with Crippen molar-refractivity contribution >= 4 is 6.08 Å². The van der Waals surface area contributed by atoms with Crippen LogP contribution in [0.2, 0.25) is 0 Å². The van der Waals surface area contributed by atoms with E-state index in [2.05, 4.69) is 62.1 Å². The van der Waals surface area contributed by atoms with Crippen LogP contribution in [0.4, 0.5) is 0 Å². The van der Waals surface area contributed by atoms with Crippen LogP contribution in [-0.2, 0) is 0 Å². The van der Waals surface area contributed by atoms with Crippen molar-refractivity contribution in [3.05, 3.63) is 48.9 Å². The molecule has 1 radical (unpaired) electrons. The molecule has 0 fully saturated rings. The lowest BCUT2D eigenvalue weighted by atomic mass is 10.1. The molecule has 0 bridgehead atoms. The van der Waals surface area contributed by atoms with Crippen LogP contribution >= 0.6 is 0 Å². The maximum atomic E-state index is 4.13. The SMILES string of the molecule is [CH2]C(C=Cc1ccccc1)N(CC)CC. The Morgan fingerprint density at radius 3 is 2.33 bits per heavy atom. The molecule has 81 valence electrons. The molecule has 0 aliphatic carbocycles. The summed E-state index contributed by atoms with van der Waals surface area (Å²) in [5.74, 6) is 0. The second-order valence-corrected chi connectivity index (χ2v) is 3.56. The van der Waals surface area contributed by atoms with Crippen LogP contribution < -0.4 is 0 Å². The molecule has 0 heterocycles. The van der Waals surface area contributed by atoms with E-state index in [1.807, 2.05) is 6.07 Å². The summed E-state index contributed by atoms with van der Waals surface area (Å²) in [7, 11) is 0. The summed E-state index contributed by atoms with van der Waals surface area (Å²) in [6.07, 6.45) is 4.29. The summed E-state index contributed by atoms with van der Waals surface area (Å²) in [5.41, 5.74) is 1.23. The van der Waals surface area contributed by atoms with Crippen molar-refractivity contribution in [1.29, 1.82) is 0 Å². The maximum absolute atomic E-state index is 4.13. The van der Waals surface area contributed by atoms with Gasteiger partial charge in [-0.05, 0) is 25.6 Å². The Hall–Kier alpha value is -1.08. The summed E-state index contributed by atoms with van der Waals surface area (Å²) < 4.78 is 0. The second kappa shape index (κ2) is 6.41. The fourth-order valence-electron chi connectivity index (χ4n) is 1.60. The summed E-state index contributed by atoms with van der Waals surface area (Å²) >= 11 is 0. The van der Waals surface area contributed by atoms with E-state index in [9.17, 15) is 0 Å². The molecule has 15 heavy (non-hydrogen) atoms. The van der Waals surface area contributed by atoms with Gasteiger partial charge >= 0.3 is 0 Å². The van der Waals surface area contributed by atoms with Gasteiger partial charge in [-0.25, -0.2) is 0 Å². The van der Waals surface area contributed by atoms with Crippen LogP contribution in [0.15, 0.2) is 36.4 Å². The van der Waals surface area contributed by atoms with Crippen LogP contribution in [-0.4, -0.2) is 24.0 Å². The molecule has 0 N–H and O–H groups in total. The highest BCUT2D eigenvalue weighted by atomic mass is 15.1. The quantitative estimate of drug-likeness (QED) is 0.708. The minimum atomic E-state index is 0.264. The second-order valence-electron chi connectivity index (χ2n) is 3.56. The van der Waals surface area contributed by atoms with Gasteiger partial charge < -0.3 is 0 Å². The highest BCUT2D eigenvalue weighted by Crippen LogP contribution is 2.05. The lowest BCUT2D eigenvalue weighted by molar-refractivity contribution is 0.287. The Morgan fingerprint density at radius 2 is 1.80 bits per heavy atom. The Kier molecular flexibility index (Phi) is 5.13. The van der Waals surface area contributed by atoms with Crippen molar-refractivity contribution in [2.75, 3.05) is 13.1 Å². The number of nitrogens with zero attached hydrogens (tertiary/aromatic N) is 1. The van der Waals surface area contributed by atoms with E-state index >= 15 is 0 Å². The van der Waals surface area contributed by atoms with Gasteiger partial charge in [-0.1, -0.05) is 56.3 Å². The van der Waals surface area contributed by atoms with E-state index in [1.165, 1.54) is 5.56 Å². The van der Waals surface area contributed by atoms with Gasteiger partial charge in [-0.3, -0.25) is 4.90 Å². The predicted molar refractivity (Wildman–Crippen MR) is 67.5 cm³/mol. The fourth-order valence-corrected chi connectivity index (χ4v) is 1.60. The molecule has 0 spiro atoms. The molecule has 1 rings (SSSR count). The summed E-state index contributed by atoms with van der Waals surface area (Å²) in [4.78, 5) is 2.32. The number of hydrogen-bond donors (Lipinski definition) is 0. The van der Waals surface area contributed by atoms with Crippen molar-refractivity contribution in [1.82, 2.24) is 4.90 Å². The van der Waals surface area contributed by atoms with Crippen LogP contribution in [0, 0.1) is 6.92 Å². The third-order valence-corrected chi connectivity index (χ3v) is 2.59. The monoisotopic (exact) mass is 202 g/mol. The lowest BCUT2D eigenvalue weighted by Crippen LogP contribution is -2.31. The Morgan fingerprint density at radius 1 is 1.20 bits per heavy atom. The smallest absolute Gasteiger partial charge is 0.0281 e. The third kappa shape index (κ3) is 3.88. The minimum absolute atomic E-state index is 0.264. The first-order valence-corrected chi connectivity index (χ1v) is 5.58. The van der Waals surface area contributed by atoms with Crippen molar-refractivity contribution in [3.63, 3.8) is 0 Å². The van der Waals surface area contributed by atoms with Gasteiger partial charge in [0.05, 0.1) is 0 Å². The van der Waals surface area contributed by atoms with E-state index < -0.39 is 0 Å². The summed E-state index contributed by atoms with van der Waals surface area (Å²) in [6.45, 7) is 10.6. The number of likely N-dealkylation sites (N-methyl/N-ethyl adjacent to an activating group) is 1. The summed E-state index contributed by atoms with van der Waals surface area (Å²) in [6, 6.07) is 10.6. The molecule has 0 saturated carbocycles. The molecule has 0 amide bonds. The molecular weight excluding hydrogens is 182 g/mol. The molecule has 1 aromatic carbocycles. The number of rotatable bonds is 5. The highest BCUT2D eigenvalue weighted by molar-refractivity contribution is 5.49. The van der Waals surface area contributed by atoms with Gasteiger partial charge in [0, 0.05) is 6.04 Å². The number of benzene rings is 1. The van der Waals surface area contributed by atoms with Gasteiger partial charge in [0.25, 0.3) is 0 Å². The molecule has 1 aromatic rings. The van der Waals surface area contributed by atoms with Crippen LogP contribution in [0.1, 0.15) is 19.4 Å². The van der Waals surface area contributed by atoms with Crippen molar-refractivity contribution < 1.29 is 0 Å². The molecule has 1 unspecified atom stereocenters. The van der Waals surface area contributed by atoms with Crippen LogP contribution in [0.25, 0.3) is 6.08 Å². The van der Waals surface area contributed by atoms with E-state index in [0.29, 0.717) is 0 Å². The zero-order valence-electron chi connectivity index (χ0n) is 9.69. The molecule has 0 saturated heterocycles. The van der Waals surface area contributed by atoms with E-state index in [4.69, 9.17) is 0 Å². The standard InChI is InChI=1S/C14H20N/c1-4-15(5-2)13(3)11-12-14-9-7-6-8-10-14/h6-13H,3-5H2,1-2H3. The average Bonchev–Trinajstić information content (AvgIpc) is 2.29. The minimum Gasteiger partial charge on any atom is -0.297 e. The zero-order valence-corrected chi connectivity index (χ0v) is 9.69. The van der Waals surface area contributed by atoms with E-state index in [-0.39, 0.29) is 6.04 Å². The van der Waals surface area contributed by atoms with Crippen molar-refractivity contribution in [2.24, 2.45) is 0 Å². The maximum Gasteiger partial charge on any atom is 0.0281 e.